The summed E-state index contributed by atoms with van der Waals surface area (Å²) in [6, 6.07) is 41.7. The third kappa shape index (κ3) is 3.25. The van der Waals surface area contributed by atoms with Gasteiger partial charge in [-0.25, -0.2) is 0 Å². The highest BCUT2D eigenvalue weighted by atomic mass is 15.0. The Morgan fingerprint density at radius 1 is 0.429 bits per heavy atom. The van der Waals surface area contributed by atoms with Crippen LogP contribution in [-0.2, 0) is 7.05 Å². The molecule has 0 bridgehead atoms. The van der Waals surface area contributed by atoms with Crippen molar-refractivity contribution in [1.29, 1.82) is 0 Å². The van der Waals surface area contributed by atoms with Crippen molar-refractivity contribution in [2.45, 2.75) is 13.8 Å². The summed E-state index contributed by atoms with van der Waals surface area (Å²) in [7, 11) is 2.15. The Kier molecular flexibility index (Phi) is 5.15. The molecule has 0 saturated heterocycles. The van der Waals surface area contributed by atoms with E-state index in [2.05, 4.69) is 131 Å². The summed E-state index contributed by atoms with van der Waals surface area (Å²) in [6.45, 7) is 4.00. The first-order valence-electron chi connectivity index (χ1n) is 12.4. The number of nitrogens with zero attached hydrogens (tertiary/aromatic N) is 2. The Morgan fingerprint density at radius 3 is 1.57 bits per heavy atom. The van der Waals surface area contributed by atoms with E-state index in [1.807, 2.05) is 13.8 Å². The minimum absolute atomic E-state index is 1.19. The molecule has 0 N–H and O–H groups in total. The second kappa shape index (κ2) is 8.48. The van der Waals surface area contributed by atoms with E-state index in [0.717, 1.165) is 0 Å². The van der Waals surface area contributed by atoms with Crippen LogP contribution in [0.4, 0.5) is 0 Å². The van der Waals surface area contributed by atoms with Crippen molar-refractivity contribution in [2.75, 3.05) is 0 Å². The van der Waals surface area contributed by atoms with Gasteiger partial charge in [-0.2, -0.15) is 0 Å². The molecule has 7 rings (SSSR count). The third-order valence-electron chi connectivity index (χ3n) is 6.93. The SMILES string of the molecule is CC.Cn1c2ccccc2c2cc(-c3ccc4c(c3)c3ccccc3n4-c3ccccc3)ccc21. The van der Waals surface area contributed by atoms with Crippen LogP contribution in [0.25, 0.3) is 60.4 Å². The lowest BCUT2D eigenvalue weighted by Gasteiger charge is -2.08. The maximum atomic E-state index is 2.36. The summed E-state index contributed by atoms with van der Waals surface area (Å²) in [5.74, 6) is 0. The van der Waals surface area contributed by atoms with Crippen LogP contribution in [0, 0.1) is 0 Å². The molecular weight excluding hydrogens is 424 g/mol. The Balaban J connectivity index is 0.00000112. The topological polar surface area (TPSA) is 9.86 Å². The van der Waals surface area contributed by atoms with Gasteiger partial charge in [0.15, 0.2) is 0 Å². The largest absolute Gasteiger partial charge is 0.344 e. The molecule has 0 aliphatic heterocycles. The second-order valence-electron chi connectivity index (χ2n) is 8.73. The number of aromatic nitrogens is 2. The Morgan fingerprint density at radius 2 is 0.886 bits per heavy atom. The highest BCUT2D eigenvalue weighted by molar-refractivity contribution is 6.12. The molecule has 0 aliphatic rings. The molecule has 0 radical (unpaired) electrons. The maximum Gasteiger partial charge on any atom is 0.0541 e. The first-order valence-corrected chi connectivity index (χ1v) is 12.4. The van der Waals surface area contributed by atoms with E-state index in [-0.39, 0.29) is 0 Å². The molecular formula is C33H28N2. The number of rotatable bonds is 2. The zero-order chi connectivity index (χ0) is 23.9. The van der Waals surface area contributed by atoms with Crippen LogP contribution in [-0.4, -0.2) is 9.13 Å². The monoisotopic (exact) mass is 452 g/mol. The third-order valence-corrected chi connectivity index (χ3v) is 6.93. The average molecular weight is 453 g/mol. The lowest BCUT2D eigenvalue weighted by Crippen LogP contribution is -1.92. The molecule has 0 fully saturated rings. The van der Waals surface area contributed by atoms with E-state index in [1.54, 1.807) is 0 Å². The van der Waals surface area contributed by atoms with E-state index in [1.165, 1.54) is 60.4 Å². The van der Waals surface area contributed by atoms with E-state index in [0.29, 0.717) is 0 Å². The summed E-state index contributed by atoms with van der Waals surface area (Å²) >= 11 is 0. The number of benzene rings is 5. The first kappa shape index (κ1) is 21.2. The van der Waals surface area contributed by atoms with E-state index in [4.69, 9.17) is 0 Å². The van der Waals surface area contributed by atoms with E-state index < -0.39 is 0 Å². The van der Waals surface area contributed by atoms with Gasteiger partial charge in [0.05, 0.1) is 11.0 Å². The van der Waals surface area contributed by atoms with Gasteiger partial charge in [-0.3, -0.25) is 0 Å². The van der Waals surface area contributed by atoms with Crippen LogP contribution in [0.1, 0.15) is 13.8 Å². The summed E-state index contributed by atoms with van der Waals surface area (Å²) in [5, 5.41) is 5.17. The van der Waals surface area contributed by atoms with Crippen LogP contribution in [0.2, 0.25) is 0 Å². The molecule has 0 aliphatic carbocycles. The summed E-state index contributed by atoms with van der Waals surface area (Å²) in [4.78, 5) is 0. The van der Waals surface area contributed by atoms with Crippen molar-refractivity contribution in [3.8, 4) is 16.8 Å². The molecule has 0 unspecified atom stereocenters. The van der Waals surface area contributed by atoms with Crippen molar-refractivity contribution in [3.05, 3.63) is 115 Å². The molecule has 35 heavy (non-hydrogen) atoms. The van der Waals surface area contributed by atoms with Crippen LogP contribution in [0.5, 0.6) is 0 Å². The van der Waals surface area contributed by atoms with Gasteiger partial charge >= 0.3 is 0 Å². The molecule has 0 spiro atoms. The Bertz CT molecular complexity index is 1820. The van der Waals surface area contributed by atoms with Gasteiger partial charge in [-0.1, -0.05) is 80.6 Å². The van der Waals surface area contributed by atoms with Gasteiger partial charge in [0.2, 0.25) is 0 Å². The van der Waals surface area contributed by atoms with Crippen molar-refractivity contribution < 1.29 is 0 Å². The molecule has 2 heteroatoms. The van der Waals surface area contributed by atoms with E-state index in [9.17, 15) is 0 Å². The molecule has 2 heterocycles. The highest BCUT2D eigenvalue weighted by Crippen LogP contribution is 2.36. The quantitative estimate of drug-likeness (QED) is 0.247. The Hall–Kier alpha value is -4.30. The lowest BCUT2D eigenvalue weighted by atomic mass is 10.0. The second-order valence-corrected chi connectivity index (χ2v) is 8.73. The number of aryl methyl sites for hydroxylation is 1. The van der Waals surface area contributed by atoms with Crippen LogP contribution < -0.4 is 0 Å². The van der Waals surface area contributed by atoms with Gasteiger partial charge in [-0.15, -0.1) is 0 Å². The molecule has 0 saturated carbocycles. The number of hydrogen-bond acceptors (Lipinski definition) is 0. The smallest absolute Gasteiger partial charge is 0.0541 e. The van der Waals surface area contributed by atoms with Crippen molar-refractivity contribution >= 4 is 43.6 Å². The standard InChI is InChI=1S/C31H22N2.C2H6/c1-32-28-13-7-5-11-24(28)26-19-21(15-17-29(26)32)22-16-18-31-27(20-22)25-12-6-8-14-30(25)33(31)23-9-3-2-4-10-23;1-2/h2-20H,1H3;1-2H3. The van der Waals surface area contributed by atoms with Gasteiger partial charge in [-0.05, 0) is 59.7 Å². The normalized spacial score (nSPS) is 11.3. The molecule has 5 aromatic carbocycles. The first-order chi connectivity index (χ1) is 17.3. The lowest BCUT2D eigenvalue weighted by molar-refractivity contribution is 1.01. The van der Waals surface area contributed by atoms with Gasteiger partial charge in [0.25, 0.3) is 0 Å². The molecule has 0 amide bonds. The van der Waals surface area contributed by atoms with E-state index >= 15 is 0 Å². The molecule has 170 valence electrons. The molecule has 2 nitrogen and oxygen atoms in total. The average Bonchev–Trinajstić information content (AvgIpc) is 3.42. The predicted molar refractivity (Wildman–Crippen MR) is 152 cm³/mol. The maximum absolute atomic E-state index is 2.36. The fourth-order valence-electron chi connectivity index (χ4n) is 5.36. The van der Waals surface area contributed by atoms with Crippen molar-refractivity contribution in [3.63, 3.8) is 0 Å². The summed E-state index contributed by atoms with van der Waals surface area (Å²) in [6.07, 6.45) is 0. The van der Waals surface area contributed by atoms with Gasteiger partial charge in [0, 0.05) is 45.3 Å². The van der Waals surface area contributed by atoms with Crippen LogP contribution >= 0.6 is 0 Å². The molecule has 7 aromatic rings. The fraction of sp³-hybridized carbons (Fsp3) is 0.0909. The predicted octanol–water partition coefficient (Wildman–Crippen LogP) is 9.12. The molecule has 2 aromatic heterocycles. The number of hydrogen-bond donors (Lipinski definition) is 0. The van der Waals surface area contributed by atoms with Crippen molar-refractivity contribution in [1.82, 2.24) is 9.13 Å². The van der Waals surface area contributed by atoms with Crippen LogP contribution in [0.3, 0.4) is 0 Å². The fourth-order valence-corrected chi connectivity index (χ4v) is 5.36. The highest BCUT2D eigenvalue weighted by Gasteiger charge is 2.14. The van der Waals surface area contributed by atoms with Gasteiger partial charge in [0.1, 0.15) is 0 Å². The minimum Gasteiger partial charge on any atom is -0.344 e. The summed E-state index contributed by atoms with van der Waals surface area (Å²) < 4.78 is 4.65. The zero-order valence-corrected chi connectivity index (χ0v) is 20.4. The van der Waals surface area contributed by atoms with Crippen LogP contribution in [0.15, 0.2) is 115 Å². The number of fused-ring (bicyclic) bond motifs is 6. The Labute approximate surface area is 205 Å². The van der Waals surface area contributed by atoms with Crippen molar-refractivity contribution in [2.24, 2.45) is 7.05 Å². The number of para-hydroxylation sites is 3. The van der Waals surface area contributed by atoms with Gasteiger partial charge < -0.3 is 9.13 Å². The minimum atomic E-state index is 1.19. The molecule has 0 atom stereocenters. The zero-order valence-electron chi connectivity index (χ0n) is 20.4. The summed E-state index contributed by atoms with van der Waals surface area (Å²) in [5.41, 5.74) is 8.68.